The topological polar surface area (TPSA) is 104 Å². The fourth-order valence-electron chi connectivity index (χ4n) is 2.78. The van der Waals surface area contributed by atoms with Crippen LogP contribution in [0.15, 0.2) is 83.2 Å². The Morgan fingerprint density at radius 1 is 1.44 bits per heavy atom. The lowest BCUT2D eigenvalue weighted by molar-refractivity contribution is 0.206. The number of rotatable bonds is 12. The fourth-order valence-corrected chi connectivity index (χ4v) is 2.78. The maximum atomic E-state index is 12.7. The van der Waals surface area contributed by atoms with Crippen LogP contribution in [0.3, 0.4) is 0 Å². The molecule has 0 saturated heterocycles. The molecule has 0 saturated carbocycles. The molecule has 0 aromatic carbocycles. The van der Waals surface area contributed by atoms with Gasteiger partial charge in [0.1, 0.15) is 12.9 Å². The van der Waals surface area contributed by atoms with Crippen molar-refractivity contribution in [2.45, 2.75) is 19.5 Å². The number of ether oxygens (including phenoxy) is 1. The van der Waals surface area contributed by atoms with Gasteiger partial charge in [0.25, 0.3) is 5.56 Å². The van der Waals surface area contributed by atoms with E-state index in [0.29, 0.717) is 30.2 Å². The summed E-state index contributed by atoms with van der Waals surface area (Å²) in [6.07, 6.45) is 12.1. The van der Waals surface area contributed by atoms with Crippen LogP contribution in [-0.2, 0) is 4.74 Å². The molecule has 0 bridgehead atoms. The van der Waals surface area contributed by atoms with E-state index in [9.17, 15) is 4.79 Å². The van der Waals surface area contributed by atoms with E-state index in [1.165, 1.54) is 6.07 Å². The SMILES string of the molecule is C=C/C=C\CC(NC=C(C=NC)OCNCC)n1cc(-c2cc(C#N)ccn2)ccc1=O. The highest BCUT2D eigenvalue weighted by atomic mass is 16.5. The minimum absolute atomic E-state index is 0.178. The van der Waals surface area contributed by atoms with Crippen LogP contribution in [0.25, 0.3) is 11.3 Å². The first kappa shape index (κ1) is 24.3. The molecular formula is C24H28N6O2. The maximum absolute atomic E-state index is 12.7. The fraction of sp³-hybridized carbons (Fsp3) is 0.250. The summed E-state index contributed by atoms with van der Waals surface area (Å²) in [5.74, 6) is 0.527. The van der Waals surface area contributed by atoms with Gasteiger partial charge in [-0.05, 0) is 24.7 Å². The van der Waals surface area contributed by atoms with Gasteiger partial charge in [0.2, 0.25) is 0 Å². The lowest BCUT2D eigenvalue weighted by atomic mass is 10.1. The molecule has 0 aliphatic heterocycles. The van der Waals surface area contributed by atoms with Crippen LogP contribution >= 0.6 is 0 Å². The van der Waals surface area contributed by atoms with Gasteiger partial charge in [-0.2, -0.15) is 5.26 Å². The molecule has 0 radical (unpaired) electrons. The number of aromatic nitrogens is 2. The lowest BCUT2D eigenvalue weighted by Crippen LogP contribution is -2.31. The van der Waals surface area contributed by atoms with E-state index in [1.807, 2.05) is 19.1 Å². The highest BCUT2D eigenvalue weighted by molar-refractivity contribution is 5.75. The summed E-state index contributed by atoms with van der Waals surface area (Å²) in [4.78, 5) is 21.0. The minimum Gasteiger partial charge on any atom is -0.475 e. The van der Waals surface area contributed by atoms with Crippen molar-refractivity contribution in [2.75, 3.05) is 20.3 Å². The van der Waals surface area contributed by atoms with Gasteiger partial charge in [-0.3, -0.25) is 24.7 Å². The van der Waals surface area contributed by atoms with E-state index in [1.54, 1.807) is 60.7 Å². The first-order valence-corrected chi connectivity index (χ1v) is 10.2. The molecule has 166 valence electrons. The van der Waals surface area contributed by atoms with Gasteiger partial charge in [-0.1, -0.05) is 31.7 Å². The summed E-state index contributed by atoms with van der Waals surface area (Å²) in [5.41, 5.74) is 1.66. The number of allylic oxidation sites excluding steroid dienone is 3. The van der Waals surface area contributed by atoms with Crippen molar-refractivity contribution >= 4 is 6.21 Å². The van der Waals surface area contributed by atoms with E-state index in [-0.39, 0.29) is 5.56 Å². The van der Waals surface area contributed by atoms with Crippen molar-refractivity contribution in [3.8, 4) is 17.3 Å². The average molecular weight is 433 g/mol. The third-order valence-electron chi connectivity index (χ3n) is 4.36. The predicted octanol–water partition coefficient (Wildman–Crippen LogP) is 3.13. The molecule has 8 nitrogen and oxygen atoms in total. The van der Waals surface area contributed by atoms with Crippen LogP contribution < -0.4 is 16.2 Å². The number of nitriles is 1. The number of nitrogens with one attached hydrogen (secondary N) is 2. The quantitative estimate of drug-likeness (QED) is 0.176. The Kier molecular flexibility index (Phi) is 10.2. The molecule has 2 heterocycles. The average Bonchev–Trinajstić information content (AvgIpc) is 2.82. The van der Waals surface area contributed by atoms with E-state index in [4.69, 9.17) is 10.00 Å². The van der Waals surface area contributed by atoms with Crippen LogP contribution in [0.4, 0.5) is 0 Å². The molecular weight excluding hydrogens is 404 g/mol. The second-order valence-electron chi connectivity index (χ2n) is 6.61. The van der Waals surface area contributed by atoms with Crippen molar-refractivity contribution in [1.82, 2.24) is 20.2 Å². The van der Waals surface area contributed by atoms with Gasteiger partial charge in [0.05, 0.1) is 23.5 Å². The molecule has 2 N–H and O–H groups in total. The number of hydrogen-bond acceptors (Lipinski definition) is 7. The third kappa shape index (κ3) is 7.38. The number of pyridine rings is 2. The van der Waals surface area contributed by atoms with E-state index >= 15 is 0 Å². The third-order valence-corrected chi connectivity index (χ3v) is 4.36. The standard InChI is InChI=1S/C24H28N6O2/c1-4-6-7-8-23(29-16-21(15-26-3)32-18-27-5-2)30-17-20(9-10-24(30)31)22-13-19(14-25)11-12-28-22/h4,6-7,9-13,15-17,23,27,29H,1,5,8,18H2,2-3H3/b7-6-,21-16?,26-15?. The van der Waals surface area contributed by atoms with Gasteiger partial charge < -0.3 is 10.1 Å². The summed E-state index contributed by atoms with van der Waals surface area (Å²) >= 11 is 0. The molecule has 8 heteroatoms. The Labute approximate surface area is 188 Å². The van der Waals surface area contributed by atoms with Gasteiger partial charge in [-0.15, -0.1) is 0 Å². The lowest BCUT2D eigenvalue weighted by Gasteiger charge is -2.20. The Morgan fingerprint density at radius 3 is 3.00 bits per heavy atom. The summed E-state index contributed by atoms with van der Waals surface area (Å²) in [6, 6.07) is 8.62. The number of hydrogen-bond donors (Lipinski definition) is 2. The molecule has 0 fully saturated rings. The first-order valence-electron chi connectivity index (χ1n) is 10.2. The van der Waals surface area contributed by atoms with Gasteiger partial charge in [-0.25, -0.2) is 0 Å². The maximum Gasteiger partial charge on any atom is 0.252 e. The smallest absolute Gasteiger partial charge is 0.252 e. The predicted molar refractivity (Wildman–Crippen MR) is 127 cm³/mol. The molecule has 0 amide bonds. The summed E-state index contributed by atoms with van der Waals surface area (Å²) < 4.78 is 7.25. The van der Waals surface area contributed by atoms with Gasteiger partial charge in [0, 0.05) is 43.7 Å². The van der Waals surface area contributed by atoms with E-state index < -0.39 is 6.17 Å². The van der Waals surface area contributed by atoms with Gasteiger partial charge in [0.15, 0.2) is 5.76 Å². The zero-order valence-corrected chi connectivity index (χ0v) is 18.4. The molecule has 0 aliphatic rings. The van der Waals surface area contributed by atoms with Crippen molar-refractivity contribution in [3.05, 3.63) is 89.3 Å². The number of aliphatic imine (C=N–C) groups is 1. The Balaban J connectivity index is 2.39. The highest BCUT2D eigenvalue weighted by Gasteiger charge is 2.12. The summed E-state index contributed by atoms with van der Waals surface area (Å²) in [7, 11) is 1.66. The van der Waals surface area contributed by atoms with Crippen LogP contribution in [0.1, 0.15) is 25.1 Å². The zero-order chi connectivity index (χ0) is 23.2. The molecule has 1 atom stereocenters. The van der Waals surface area contributed by atoms with Crippen molar-refractivity contribution in [1.29, 1.82) is 5.26 Å². The second kappa shape index (κ2) is 13.4. The summed E-state index contributed by atoms with van der Waals surface area (Å²) in [6.45, 7) is 6.80. The van der Waals surface area contributed by atoms with Crippen LogP contribution in [0.2, 0.25) is 0 Å². The Bertz CT molecular complexity index is 1080. The van der Waals surface area contributed by atoms with Gasteiger partial charge >= 0.3 is 0 Å². The van der Waals surface area contributed by atoms with Crippen molar-refractivity contribution in [3.63, 3.8) is 0 Å². The van der Waals surface area contributed by atoms with Crippen molar-refractivity contribution < 1.29 is 4.74 Å². The second-order valence-corrected chi connectivity index (χ2v) is 6.61. The van der Waals surface area contributed by atoms with Crippen molar-refractivity contribution in [2.24, 2.45) is 4.99 Å². The van der Waals surface area contributed by atoms with Crippen LogP contribution in [0, 0.1) is 11.3 Å². The minimum atomic E-state index is -0.402. The molecule has 2 aromatic heterocycles. The summed E-state index contributed by atoms with van der Waals surface area (Å²) in [5, 5.41) is 15.5. The van der Waals surface area contributed by atoms with E-state index in [0.717, 1.165) is 12.1 Å². The molecule has 2 aromatic rings. The molecule has 2 rings (SSSR count). The highest BCUT2D eigenvalue weighted by Crippen LogP contribution is 2.18. The largest absolute Gasteiger partial charge is 0.475 e. The molecule has 32 heavy (non-hydrogen) atoms. The molecule has 0 spiro atoms. The Morgan fingerprint density at radius 2 is 2.28 bits per heavy atom. The molecule has 0 aliphatic carbocycles. The monoisotopic (exact) mass is 432 g/mol. The number of nitrogens with zero attached hydrogens (tertiary/aromatic N) is 4. The molecule has 1 unspecified atom stereocenters. The van der Waals surface area contributed by atoms with E-state index in [2.05, 4.69) is 33.3 Å². The Hall–Kier alpha value is -3.96. The van der Waals surface area contributed by atoms with Crippen LogP contribution in [-0.4, -0.2) is 36.1 Å². The normalized spacial score (nSPS) is 12.6. The first-order chi connectivity index (χ1) is 15.6. The zero-order valence-electron chi connectivity index (χ0n) is 18.4. The van der Waals surface area contributed by atoms with Crippen LogP contribution in [0.5, 0.6) is 0 Å².